The molecule has 0 bridgehead atoms. The molecule has 9 heteroatoms. The molecule has 1 rings (SSSR count). The number of ether oxygens (including phenoxy) is 1. The van der Waals surface area contributed by atoms with Crippen LogP contribution in [0.4, 0.5) is 8.78 Å². The average Bonchev–Trinajstić information content (AvgIpc) is 2.31. The molecule has 1 N–H and O–H groups in total. The maximum Gasteiger partial charge on any atom is 0.261 e. The second kappa shape index (κ2) is 7.49. The predicted molar refractivity (Wildman–Crippen MR) is 71.2 cm³/mol. The van der Waals surface area contributed by atoms with Crippen LogP contribution in [0.15, 0.2) is 27.6 Å². The summed E-state index contributed by atoms with van der Waals surface area (Å²) in [4.78, 5) is 0.0256. The fourth-order valence-electron chi connectivity index (χ4n) is 1.15. The fourth-order valence-corrected chi connectivity index (χ4v) is 2.83. The lowest BCUT2D eigenvalue weighted by atomic mass is 10.4. The Morgan fingerprint density at radius 3 is 2.68 bits per heavy atom. The lowest BCUT2D eigenvalue weighted by Gasteiger charge is -2.08. The highest BCUT2D eigenvalue weighted by Crippen LogP contribution is 2.25. The van der Waals surface area contributed by atoms with E-state index in [0.717, 1.165) is 0 Å². The van der Waals surface area contributed by atoms with Gasteiger partial charge >= 0.3 is 0 Å². The minimum Gasteiger partial charge on any atom is -0.374 e. The highest BCUT2D eigenvalue weighted by Gasteiger charge is 2.14. The normalized spacial score (nSPS) is 12.1. The first-order chi connectivity index (χ1) is 8.83. The Balaban J connectivity index is 2.54. The number of nitrogens with one attached hydrogen (secondary N) is 1. The van der Waals surface area contributed by atoms with E-state index in [1.54, 1.807) is 0 Å². The van der Waals surface area contributed by atoms with Crippen molar-refractivity contribution in [3.63, 3.8) is 0 Å². The Labute approximate surface area is 123 Å². The standard InChI is InChI=1S/C10H11BrClF2NO3S/c11-8-5-7(1-2-9(8)12)19(16,17)15-3-4-18-6-10(13)14/h1-2,5,10,15H,3-4,6H2. The molecule has 0 spiro atoms. The third kappa shape index (κ3) is 5.70. The molecule has 0 aliphatic rings. The van der Waals surface area contributed by atoms with E-state index in [-0.39, 0.29) is 18.0 Å². The SMILES string of the molecule is O=S(=O)(NCCOCC(F)F)c1ccc(Cl)c(Br)c1. The van der Waals surface area contributed by atoms with E-state index >= 15 is 0 Å². The van der Waals surface area contributed by atoms with E-state index < -0.39 is 23.1 Å². The van der Waals surface area contributed by atoms with Crippen molar-refractivity contribution < 1.29 is 21.9 Å². The van der Waals surface area contributed by atoms with Gasteiger partial charge in [-0.05, 0) is 34.1 Å². The van der Waals surface area contributed by atoms with Gasteiger partial charge in [-0.2, -0.15) is 0 Å². The summed E-state index contributed by atoms with van der Waals surface area (Å²) < 4.78 is 54.4. The van der Waals surface area contributed by atoms with Crippen molar-refractivity contribution in [1.29, 1.82) is 0 Å². The van der Waals surface area contributed by atoms with E-state index in [4.69, 9.17) is 11.6 Å². The summed E-state index contributed by atoms with van der Waals surface area (Å²) in [5.41, 5.74) is 0. The zero-order valence-corrected chi connectivity index (χ0v) is 12.7. The number of alkyl halides is 2. The zero-order valence-electron chi connectivity index (χ0n) is 9.58. The van der Waals surface area contributed by atoms with Crippen LogP contribution >= 0.6 is 27.5 Å². The summed E-state index contributed by atoms with van der Waals surface area (Å²) in [7, 11) is -3.71. The third-order valence-electron chi connectivity index (χ3n) is 1.98. The van der Waals surface area contributed by atoms with Gasteiger partial charge in [0.1, 0.15) is 6.61 Å². The quantitative estimate of drug-likeness (QED) is 0.742. The van der Waals surface area contributed by atoms with Crippen molar-refractivity contribution in [2.45, 2.75) is 11.3 Å². The van der Waals surface area contributed by atoms with E-state index in [9.17, 15) is 17.2 Å². The predicted octanol–water partition coefficient (Wildman–Crippen LogP) is 2.66. The molecule has 1 aromatic carbocycles. The first-order valence-corrected chi connectivity index (χ1v) is 7.79. The minimum atomic E-state index is -3.71. The Kier molecular flexibility index (Phi) is 6.61. The summed E-state index contributed by atoms with van der Waals surface area (Å²) in [6.07, 6.45) is -2.57. The highest BCUT2D eigenvalue weighted by molar-refractivity contribution is 9.10. The number of hydrogen-bond donors (Lipinski definition) is 1. The molecule has 0 fully saturated rings. The van der Waals surface area contributed by atoms with Crippen LogP contribution in [0, 0.1) is 0 Å². The maximum atomic E-state index is 11.8. The van der Waals surface area contributed by atoms with Gasteiger partial charge in [0.25, 0.3) is 6.43 Å². The molecule has 0 heterocycles. The van der Waals surface area contributed by atoms with Gasteiger partial charge in [-0.25, -0.2) is 21.9 Å². The molecule has 0 radical (unpaired) electrons. The van der Waals surface area contributed by atoms with Crippen LogP contribution in [-0.4, -0.2) is 34.6 Å². The largest absolute Gasteiger partial charge is 0.374 e. The monoisotopic (exact) mass is 377 g/mol. The molecule has 0 aliphatic carbocycles. The fraction of sp³-hybridized carbons (Fsp3) is 0.400. The van der Waals surface area contributed by atoms with Gasteiger partial charge in [0, 0.05) is 11.0 Å². The van der Waals surface area contributed by atoms with Crippen LogP contribution in [-0.2, 0) is 14.8 Å². The summed E-state index contributed by atoms with van der Waals surface area (Å²) >= 11 is 8.87. The molecule has 4 nitrogen and oxygen atoms in total. The second-order valence-corrected chi connectivity index (χ2v) is 6.47. The Morgan fingerprint density at radius 1 is 1.42 bits per heavy atom. The lowest BCUT2D eigenvalue weighted by Crippen LogP contribution is -2.28. The molecule has 0 aliphatic heterocycles. The van der Waals surface area contributed by atoms with E-state index in [1.165, 1.54) is 18.2 Å². The molecule has 19 heavy (non-hydrogen) atoms. The third-order valence-corrected chi connectivity index (χ3v) is 4.66. The summed E-state index contributed by atoms with van der Waals surface area (Å²) in [6.45, 7) is -0.929. The summed E-state index contributed by atoms with van der Waals surface area (Å²) in [5, 5.41) is 0.388. The van der Waals surface area contributed by atoms with Crippen LogP contribution < -0.4 is 4.72 Å². The first kappa shape index (κ1) is 16.8. The molecule has 0 saturated carbocycles. The van der Waals surface area contributed by atoms with Gasteiger partial charge in [0.2, 0.25) is 10.0 Å². The molecular formula is C10H11BrClF2NO3S. The van der Waals surface area contributed by atoms with Crippen LogP contribution in [0.1, 0.15) is 0 Å². The Morgan fingerprint density at radius 2 is 2.11 bits per heavy atom. The maximum absolute atomic E-state index is 11.8. The minimum absolute atomic E-state index is 0.0256. The Bertz CT molecular complexity index is 528. The van der Waals surface area contributed by atoms with Gasteiger partial charge in [-0.1, -0.05) is 11.6 Å². The van der Waals surface area contributed by atoms with Crippen LogP contribution in [0.5, 0.6) is 0 Å². The van der Waals surface area contributed by atoms with Gasteiger partial charge < -0.3 is 4.74 Å². The zero-order chi connectivity index (χ0) is 14.5. The molecule has 0 amide bonds. The summed E-state index contributed by atoms with van der Waals surface area (Å²) in [6, 6.07) is 4.13. The number of benzene rings is 1. The van der Waals surface area contributed by atoms with Gasteiger partial charge in [0.15, 0.2) is 0 Å². The lowest BCUT2D eigenvalue weighted by molar-refractivity contribution is 0.0199. The number of hydrogen-bond acceptors (Lipinski definition) is 3. The van der Waals surface area contributed by atoms with E-state index in [1.807, 2.05) is 0 Å². The smallest absolute Gasteiger partial charge is 0.261 e. The molecule has 0 atom stereocenters. The number of rotatable bonds is 7. The average molecular weight is 379 g/mol. The number of halogens is 4. The molecular weight excluding hydrogens is 368 g/mol. The van der Waals surface area contributed by atoms with Crippen LogP contribution in [0.2, 0.25) is 5.02 Å². The van der Waals surface area contributed by atoms with Crippen LogP contribution in [0.25, 0.3) is 0 Å². The topological polar surface area (TPSA) is 55.4 Å². The molecule has 108 valence electrons. The van der Waals surface area contributed by atoms with Gasteiger partial charge in [-0.15, -0.1) is 0 Å². The van der Waals surface area contributed by atoms with Crippen molar-refractivity contribution in [1.82, 2.24) is 4.72 Å². The molecule has 1 aromatic rings. The van der Waals surface area contributed by atoms with Crippen molar-refractivity contribution in [2.24, 2.45) is 0 Å². The van der Waals surface area contributed by atoms with Crippen molar-refractivity contribution in [3.05, 3.63) is 27.7 Å². The Hall–Kier alpha value is -0.280. The molecule has 0 unspecified atom stereocenters. The van der Waals surface area contributed by atoms with Gasteiger partial charge in [-0.3, -0.25) is 0 Å². The van der Waals surface area contributed by atoms with Gasteiger partial charge in [0.05, 0.1) is 16.5 Å². The number of sulfonamides is 1. The van der Waals surface area contributed by atoms with Crippen molar-refractivity contribution >= 4 is 37.6 Å². The second-order valence-electron chi connectivity index (χ2n) is 3.44. The van der Waals surface area contributed by atoms with Crippen molar-refractivity contribution in [2.75, 3.05) is 19.8 Å². The highest BCUT2D eigenvalue weighted by atomic mass is 79.9. The summed E-state index contributed by atoms with van der Waals surface area (Å²) in [5.74, 6) is 0. The first-order valence-electron chi connectivity index (χ1n) is 5.13. The van der Waals surface area contributed by atoms with Crippen molar-refractivity contribution in [3.8, 4) is 0 Å². The van der Waals surface area contributed by atoms with Crippen LogP contribution in [0.3, 0.4) is 0 Å². The molecule has 0 saturated heterocycles. The molecule has 0 aromatic heterocycles. The van der Waals surface area contributed by atoms with E-state index in [0.29, 0.717) is 9.50 Å². The van der Waals surface area contributed by atoms with E-state index in [2.05, 4.69) is 25.4 Å².